The van der Waals surface area contributed by atoms with Crippen molar-refractivity contribution >= 4 is 11.6 Å². The molecule has 1 aromatic carbocycles. The number of rotatable bonds is 4. The van der Waals surface area contributed by atoms with Gasteiger partial charge >= 0.3 is 0 Å². The number of benzene rings is 1. The van der Waals surface area contributed by atoms with Gasteiger partial charge in [-0.2, -0.15) is 14.6 Å². The third kappa shape index (κ3) is 2.63. The monoisotopic (exact) mass is 333 g/mol. The summed E-state index contributed by atoms with van der Waals surface area (Å²) < 4.78 is 3.76. The van der Waals surface area contributed by atoms with E-state index in [1.54, 1.807) is 4.52 Å². The highest BCUT2D eigenvalue weighted by atomic mass is 15.4. The van der Waals surface area contributed by atoms with E-state index in [4.69, 9.17) is 0 Å². The summed E-state index contributed by atoms with van der Waals surface area (Å²) in [5.41, 5.74) is 3.08. The normalized spacial score (nSPS) is 12.4. The largest absolute Gasteiger partial charge is 0.356 e. The van der Waals surface area contributed by atoms with Gasteiger partial charge in [-0.15, -0.1) is 0 Å². The Balaban J connectivity index is 1.87. The van der Waals surface area contributed by atoms with Crippen molar-refractivity contribution in [3.63, 3.8) is 0 Å². The van der Waals surface area contributed by atoms with Crippen LogP contribution in [0.2, 0.25) is 0 Å². The van der Waals surface area contributed by atoms with Crippen LogP contribution in [0.15, 0.2) is 49.1 Å². The van der Waals surface area contributed by atoms with Crippen LogP contribution in [-0.2, 0) is 7.05 Å². The van der Waals surface area contributed by atoms with Crippen LogP contribution in [0, 0.1) is 13.8 Å². The zero-order valence-electron chi connectivity index (χ0n) is 14.4. The van der Waals surface area contributed by atoms with Gasteiger partial charge < -0.3 is 9.88 Å². The summed E-state index contributed by atoms with van der Waals surface area (Å²) in [6.45, 7) is 4.01. The van der Waals surface area contributed by atoms with Crippen LogP contribution in [0.25, 0.3) is 5.78 Å². The summed E-state index contributed by atoms with van der Waals surface area (Å²) in [6, 6.07) is 10.1. The van der Waals surface area contributed by atoms with E-state index in [-0.39, 0.29) is 6.04 Å². The molecule has 0 bridgehead atoms. The molecule has 25 heavy (non-hydrogen) atoms. The van der Waals surface area contributed by atoms with E-state index in [2.05, 4.69) is 37.5 Å². The van der Waals surface area contributed by atoms with Gasteiger partial charge in [-0.05, 0) is 19.4 Å². The molecule has 1 N–H and O–H groups in total. The Bertz CT molecular complexity index is 1020. The van der Waals surface area contributed by atoms with E-state index in [0.29, 0.717) is 5.78 Å². The minimum Gasteiger partial charge on any atom is -0.356 e. The van der Waals surface area contributed by atoms with Crippen LogP contribution in [0.3, 0.4) is 0 Å². The highest BCUT2D eigenvalue weighted by molar-refractivity contribution is 5.54. The van der Waals surface area contributed by atoms with Crippen molar-refractivity contribution in [3.8, 4) is 0 Å². The summed E-state index contributed by atoms with van der Waals surface area (Å²) in [4.78, 5) is 13.3. The molecule has 7 heteroatoms. The van der Waals surface area contributed by atoms with Crippen molar-refractivity contribution in [2.24, 2.45) is 7.05 Å². The fraction of sp³-hybridized carbons (Fsp3) is 0.222. The number of nitrogens with one attached hydrogen (secondary N) is 1. The maximum Gasteiger partial charge on any atom is 0.254 e. The molecular weight excluding hydrogens is 314 g/mol. The maximum absolute atomic E-state index is 4.55. The minimum absolute atomic E-state index is 0.117. The summed E-state index contributed by atoms with van der Waals surface area (Å²) in [5, 5.41) is 7.94. The van der Waals surface area contributed by atoms with Crippen molar-refractivity contribution < 1.29 is 0 Å². The van der Waals surface area contributed by atoms with Crippen molar-refractivity contribution in [3.05, 3.63) is 71.7 Å². The lowest BCUT2D eigenvalue weighted by Crippen LogP contribution is -2.20. The molecule has 126 valence electrons. The molecular formula is C18H19N7. The molecule has 0 aliphatic carbocycles. The van der Waals surface area contributed by atoms with Gasteiger partial charge in [0.15, 0.2) is 0 Å². The molecule has 4 rings (SSSR count). The van der Waals surface area contributed by atoms with Gasteiger partial charge in [0.2, 0.25) is 0 Å². The number of imidazole rings is 1. The summed E-state index contributed by atoms with van der Waals surface area (Å²) in [6.07, 6.45) is 5.27. The lowest BCUT2D eigenvalue weighted by atomic mass is 10.1. The fourth-order valence-electron chi connectivity index (χ4n) is 2.94. The van der Waals surface area contributed by atoms with Crippen LogP contribution in [-0.4, -0.2) is 29.1 Å². The molecule has 7 nitrogen and oxygen atoms in total. The Morgan fingerprint density at radius 1 is 1.08 bits per heavy atom. The molecule has 1 atom stereocenters. The van der Waals surface area contributed by atoms with E-state index < -0.39 is 0 Å². The molecule has 0 amide bonds. The zero-order chi connectivity index (χ0) is 17.4. The summed E-state index contributed by atoms with van der Waals surface area (Å²) in [5.74, 6) is 2.38. The first kappa shape index (κ1) is 15.3. The van der Waals surface area contributed by atoms with E-state index in [9.17, 15) is 0 Å². The van der Waals surface area contributed by atoms with Gasteiger partial charge in [0, 0.05) is 30.7 Å². The molecule has 0 unspecified atom stereocenters. The summed E-state index contributed by atoms with van der Waals surface area (Å²) >= 11 is 0. The lowest BCUT2D eigenvalue weighted by Gasteiger charge is -2.22. The first-order valence-electron chi connectivity index (χ1n) is 8.11. The molecule has 3 heterocycles. The number of fused-ring (bicyclic) bond motifs is 1. The molecule has 0 saturated carbocycles. The topological polar surface area (TPSA) is 72.9 Å². The predicted octanol–water partition coefficient (Wildman–Crippen LogP) is 2.68. The Hall–Kier alpha value is -3.22. The van der Waals surface area contributed by atoms with E-state index in [0.717, 1.165) is 28.5 Å². The van der Waals surface area contributed by atoms with E-state index in [1.165, 1.54) is 6.33 Å². The van der Waals surface area contributed by atoms with Gasteiger partial charge in [-0.3, -0.25) is 0 Å². The molecule has 0 fully saturated rings. The number of anilines is 1. The fourth-order valence-corrected chi connectivity index (χ4v) is 2.94. The highest BCUT2D eigenvalue weighted by Crippen LogP contribution is 2.27. The molecule has 0 aliphatic heterocycles. The number of aryl methyl sites for hydroxylation is 2. The Kier molecular flexibility index (Phi) is 3.68. The SMILES string of the molecule is Cc1nc2ncnn2c(N[C@@H](c2ccccc2)c2nccn2C)c1C. The van der Waals surface area contributed by atoms with Crippen LogP contribution < -0.4 is 5.32 Å². The average molecular weight is 333 g/mol. The molecule has 4 aromatic rings. The maximum atomic E-state index is 4.55. The van der Waals surface area contributed by atoms with Crippen LogP contribution in [0.1, 0.15) is 28.7 Å². The predicted molar refractivity (Wildman–Crippen MR) is 95.4 cm³/mol. The molecule has 0 radical (unpaired) electrons. The van der Waals surface area contributed by atoms with Gasteiger partial charge in [-0.1, -0.05) is 30.3 Å². The Labute approximate surface area is 145 Å². The van der Waals surface area contributed by atoms with Gasteiger partial charge in [0.25, 0.3) is 5.78 Å². The van der Waals surface area contributed by atoms with E-state index in [1.807, 2.05) is 56.1 Å². The van der Waals surface area contributed by atoms with Gasteiger partial charge in [0.1, 0.15) is 24.0 Å². The smallest absolute Gasteiger partial charge is 0.254 e. The first-order chi connectivity index (χ1) is 12.1. The Morgan fingerprint density at radius 2 is 1.88 bits per heavy atom. The standard InChI is InChI=1S/C18H19N7/c1-12-13(2)22-18-20-11-21-25(18)16(12)23-15(14-7-5-4-6-8-14)17-19-9-10-24(17)3/h4-11,15,23H,1-3H3/t15-/m0/s1. The molecule has 0 spiro atoms. The van der Waals surface area contributed by atoms with E-state index >= 15 is 0 Å². The second-order valence-electron chi connectivity index (χ2n) is 6.03. The minimum atomic E-state index is -0.117. The first-order valence-corrected chi connectivity index (χ1v) is 8.11. The van der Waals surface area contributed by atoms with Crippen molar-refractivity contribution in [2.75, 3.05) is 5.32 Å². The number of hydrogen-bond acceptors (Lipinski definition) is 5. The third-order valence-electron chi connectivity index (χ3n) is 4.44. The second-order valence-corrected chi connectivity index (χ2v) is 6.03. The van der Waals surface area contributed by atoms with Crippen molar-refractivity contribution in [1.29, 1.82) is 0 Å². The van der Waals surface area contributed by atoms with Crippen LogP contribution in [0.4, 0.5) is 5.82 Å². The lowest BCUT2D eigenvalue weighted by molar-refractivity contribution is 0.737. The Morgan fingerprint density at radius 3 is 2.60 bits per heavy atom. The highest BCUT2D eigenvalue weighted by Gasteiger charge is 2.21. The van der Waals surface area contributed by atoms with Crippen LogP contribution in [0.5, 0.6) is 0 Å². The molecule has 0 aliphatic rings. The van der Waals surface area contributed by atoms with Crippen molar-refractivity contribution in [1.82, 2.24) is 29.1 Å². The average Bonchev–Trinajstić information content (AvgIpc) is 3.25. The quantitative estimate of drug-likeness (QED) is 0.621. The number of hydrogen-bond donors (Lipinski definition) is 1. The van der Waals surface area contributed by atoms with Gasteiger partial charge in [-0.25, -0.2) is 9.97 Å². The molecule has 3 aromatic heterocycles. The molecule has 0 saturated heterocycles. The second kappa shape index (κ2) is 6.01. The summed E-state index contributed by atoms with van der Waals surface area (Å²) in [7, 11) is 2.00. The third-order valence-corrected chi connectivity index (χ3v) is 4.44. The van der Waals surface area contributed by atoms with Crippen molar-refractivity contribution in [2.45, 2.75) is 19.9 Å². The number of aromatic nitrogens is 6. The number of nitrogens with zero attached hydrogens (tertiary/aromatic N) is 6. The van der Waals surface area contributed by atoms with Gasteiger partial charge in [0.05, 0.1) is 0 Å². The van der Waals surface area contributed by atoms with Crippen LogP contribution >= 0.6 is 0 Å². The zero-order valence-corrected chi connectivity index (χ0v) is 14.4.